The van der Waals surface area contributed by atoms with Crippen LogP contribution < -0.4 is 16.2 Å². The monoisotopic (exact) mass is 325 g/mol. The lowest BCUT2D eigenvalue weighted by Gasteiger charge is -2.09. The molecule has 1 saturated carbocycles. The van der Waals surface area contributed by atoms with Gasteiger partial charge in [0.1, 0.15) is 0 Å². The second-order valence-electron chi connectivity index (χ2n) is 6.21. The van der Waals surface area contributed by atoms with Crippen molar-refractivity contribution in [2.75, 3.05) is 10.6 Å². The first-order valence-corrected chi connectivity index (χ1v) is 7.83. The van der Waals surface area contributed by atoms with Crippen molar-refractivity contribution in [3.8, 4) is 0 Å². The molecule has 2 unspecified atom stereocenters. The van der Waals surface area contributed by atoms with E-state index in [0.29, 0.717) is 22.9 Å². The first-order chi connectivity index (χ1) is 11.4. The maximum Gasteiger partial charge on any atom is 0.255 e. The Labute approximate surface area is 139 Å². The zero-order chi connectivity index (χ0) is 17.3. The van der Waals surface area contributed by atoms with E-state index in [1.54, 1.807) is 43.6 Å². The van der Waals surface area contributed by atoms with Gasteiger partial charge in [-0.15, -0.1) is 0 Å². The molecule has 2 N–H and O–H groups in total. The third-order valence-electron chi connectivity index (χ3n) is 4.18. The van der Waals surface area contributed by atoms with E-state index in [4.69, 9.17) is 0 Å². The Bertz CT molecular complexity index is 857. The van der Waals surface area contributed by atoms with E-state index >= 15 is 0 Å². The summed E-state index contributed by atoms with van der Waals surface area (Å²) in [5.41, 5.74) is 1.42. The lowest BCUT2D eigenvalue weighted by atomic mass is 10.1. The second kappa shape index (κ2) is 6.31. The average Bonchev–Trinajstić information content (AvgIpc) is 3.28. The molecule has 2 aromatic rings. The van der Waals surface area contributed by atoms with E-state index in [1.807, 2.05) is 6.92 Å². The van der Waals surface area contributed by atoms with Crippen LogP contribution in [0.25, 0.3) is 0 Å². The van der Waals surface area contributed by atoms with Crippen molar-refractivity contribution in [2.45, 2.75) is 13.3 Å². The molecule has 0 aliphatic heterocycles. The van der Waals surface area contributed by atoms with Crippen LogP contribution in [0.5, 0.6) is 0 Å². The fraction of sp³-hybridized carbons (Fsp3) is 0.278. The minimum atomic E-state index is -0.301. The molecule has 1 aliphatic carbocycles. The van der Waals surface area contributed by atoms with Gasteiger partial charge in [0.05, 0.1) is 5.69 Å². The second-order valence-corrected chi connectivity index (χ2v) is 6.21. The molecule has 0 spiro atoms. The zero-order valence-corrected chi connectivity index (χ0v) is 13.6. The number of benzene rings is 1. The Morgan fingerprint density at radius 3 is 2.54 bits per heavy atom. The molecule has 0 saturated heterocycles. The van der Waals surface area contributed by atoms with Crippen LogP contribution in [0.15, 0.2) is 47.4 Å². The highest BCUT2D eigenvalue weighted by atomic mass is 16.2. The predicted molar refractivity (Wildman–Crippen MR) is 92.0 cm³/mol. The Hall–Kier alpha value is -2.89. The molecule has 124 valence electrons. The molecule has 6 heteroatoms. The van der Waals surface area contributed by atoms with Crippen molar-refractivity contribution < 1.29 is 9.59 Å². The van der Waals surface area contributed by atoms with Crippen LogP contribution in [0.2, 0.25) is 0 Å². The minimum Gasteiger partial charge on any atom is -0.326 e. The molecular weight excluding hydrogens is 306 g/mol. The molecule has 0 bridgehead atoms. The number of hydrogen-bond acceptors (Lipinski definition) is 3. The van der Waals surface area contributed by atoms with Gasteiger partial charge in [0.25, 0.3) is 5.91 Å². The van der Waals surface area contributed by atoms with E-state index in [-0.39, 0.29) is 23.3 Å². The average molecular weight is 325 g/mol. The van der Waals surface area contributed by atoms with Gasteiger partial charge >= 0.3 is 0 Å². The van der Waals surface area contributed by atoms with Gasteiger partial charge in [-0.2, -0.15) is 0 Å². The third kappa shape index (κ3) is 3.53. The highest BCUT2D eigenvalue weighted by Gasteiger charge is 2.39. The van der Waals surface area contributed by atoms with Crippen molar-refractivity contribution in [1.29, 1.82) is 0 Å². The Balaban J connectivity index is 1.70. The lowest BCUT2D eigenvalue weighted by Crippen LogP contribution is -2.18. The number of aryl methyl sites for hydroxylation is 1. The van der Waals surface area contributed by atoms with Crippen molar-refractivity contribution >= 4 is 23.2 Å². The summed E-state index contributed by atoms with van der Waals surface area (Å²) in [5.74, 6) is 0.206. The standard InChI is InChI=1S/C18H19N3O3/c1-11-8-15(11)18(24)19-13-5-3-4-12(9-13)17(23)20-14-6-7-16(22)21(2)10-14/h3-7,9-11,15H,8H2,1-2H3,(H,19,24)(H,20,23). The van der Waals surface area contributed by atoms with Gasteiger partial charge in [-0.1, -0.05) is 13.0 Å². The molecule has 1 fully saturated rings. The van der Waals surface area contributed by atoms with E-state index in [2.05, 4.69) is 10.6 Å². The van der Waals surface area contributed by atoms with Crippen LogP contribution in [0.3, 0.4) is 0 Å². The molecule has 0 radical (unpaired) electrons. The summed E-state index contributed by atoms with van der Waals surface area (Å²) in [6.07, 6.45) is 2.47. The maximum atomic E-state index is 12.3. The topological polar surface area (TPSA) is 80.2 Å². The van der Waals surface area contributed by atoms with Gasteiger partial charge < -0.3 is 15.2 Å². The van der Waals surface area contributed by atoms with E-state index in [0.717, 1.165) is 6.42 Å². The molecule has 1 aliphatic rings. The molecular formula is C18H19N3O3. The number of amides is 2. The highest BCUT2D eigenvalue weighted by Crippen LogP contribution is 2.38. The molecule has 2 atom stereocenters. The van der Waals surface area contributed by atoms with Crippen molar-refractivity contribution in [1.82, 2.24) is 4.57 Å². The maximum absolute atomic E-state index is 12.3. The fourth-order valence-corrected chi connectivity index (χ4v) is 2.53. The summed E-state index contributed by atoms with van der Waals surface area (Å²) in [6, 6.07) is 9.74. The number of anilines is 2. The highest BCUT2D eigenvalue weighted by molar-refractivity contribution is 6.05. The van der Waals surface area contributed by atoms with Gasteiger partial charge in [0, 0.05) is 36.5 Å². The van der Waals surface area contributed by atoms with Crippen LogP contribution in [-0.4, -0.2) is 16.4 Å². The number of nitrogens with one attached hydrogen (secondary N) is 2. The van der Waals surface area contributed by atoms with Crippen LogP contribution >= 0.6 is 0 Å². The first kappa shape index (κ1) is 16.0. The van der Waals surface area contributed by atoms with Gasteiger partial charge in [0.2, 0.25) is 11.5 Å². The third-order valence-corrected chi connectivity index (χ3v) is 4.18. The fourth-order valence-electron chi connectivity index (χ4n) is 2.53. The summed E-state index contributed by atoms with van der Waals surface area (Å²) in [5, 5.41) is 5.58. The van der Waals surface area contributed by atoms with Gasteiger partial charge in [-0.3, -0.25) is 14.4 Å². The summed E-state index contributed by atoms with van der Waals surface area (Å²) in [6.45, 7) is 2.04. The summed E-state index contributed by atoms with van der Waals surface area (Å²) in [4.78, 5) is 35.7. The predicted octanol–water partition coefficient (Wildman–Crippen LogP) is 2.23. The van der Waals surface area contributed by atoms with E-state index in [1.165, 1.54) is 10.6 Å². The van der Waals surface area contributed by atoms with Gasteiger partial charge in [0.15, 0.2) is 0 Å². The Kier molecular flexibility index (Phi) is 4.20. The number of rotatable bonds is 4. The summed E-state index contributed by atoms with van der Waals surface area (Å²) < 4.78 is 1.39. The molecule has 1 aromatic heterocycles. The SMILES string of the molecule is CC1CC1C(=O)Nc1cccc(C(=O)Nc2ccc(=O)n(C)c2)c1. The minimum absolute atomic E-state index is 0.00174. The summed E-state index contributed by atoms with van der Waals surface area (Å²) in [7, 11) is 1.62. The number of hydrogen-bond donors (Lipinski definition) is 2. The molecule has 1 aromatic carbocycles. The lowest BCUT2D eigenvalue weighted by molar-refractivity contribution is -0.117. The van der Waals surface area contributed by atoms with Crippen LogP contribution in [-0.2, 0) is 11.8 Å². The molecule has 1 heterocycles. The number of carbonyl (C=O) groups excluding carboxylic acids is 2. The van der Waals surface area contributed by atoms with Crippen molar-refractivity contribution in [2.24, 2.45) is 18.9 Å². The Morgan fingerprint density at radius 1 is 1.12 bits per heavy atom. The van der Waals surface area contributed by atoms with E-state index in [9.17, 15) is 14.4 Å². The van der Waals surface area contributed by atoms with Crippen LogP contribution in [0.1, 0.15) is 23.7 Å². The number of carbonyl (C=O) groups is 2. The van der Waals surface area contributed by atoms with E-state index < -0.39 is 0 Å². The number of aromatic nitrogens is 1. The van der Waals surface area contributed by atoms with Gasteiger partial charge in [-0.25, -0.2) is 0 Å². The molecule has 6 nitrogen and oxygen atoms in total. The quantitative estimate of drug-likeness (QED) is 0.904. The normalized spacial score (nSPS) is 18.8. The Morgan fingerprint density at radius 2 is 1.88 bits per heavy atom. The van der Waals surface area contributed by atoms with Crippen LogP contribution in [0, 0.1) is 11.8 Å². The number of pyridine rings is 1. The smallest absolute Gasteiger partial charge is 0.255 e. The summed E-state index contributed by atoms with van der Waals surface area (Å²) >= 11 is 0. The molecule has 24 heavy (non-hydrogen) atoms. The molecule has 2 amide bonds. The van der Waals surface area contributed by atoms with Crippen molar-refractivity contribution in [3.05, 3.63) is 58.5 Å². The van der Waals surface area contributed by atoms with Gasteiger partial charge in [-0.05, 0) is 36.6 Å². The first-order valence-electron chi connectivity index (χ1n) is 7.83. The zero-order valence-electron chi connectivity index (χ0n) is 13.6. The largest absolute Gasteiger partial charge is 0.326 e. The molecule has 3 rings (SSSR count). The van der Waals surface area contributed by atoms with Crippen molar-refractivity contribution in [3.63, 3.8) is 0 Å². The van der Waals surface area contributed by atoms with Crippen LogP contribution in [0.4, 0.5) is 11.4 Å². The number of nitrogens with zero attached hydrogens (tertiary/aromatic N) is 1.